The molecule has 1 aliphatic rings. The largest absolute Gasteiger partial charge is 0.400 e. The number of thiocarbonyl (C=S) groups is 1. The molecule has 0 bridgehead atoms. The maximum Gasteiger partial charge on any atom is 0.400 e. The van der Waals surface area contributed by atoms with Gasteiger partial charge in [0.15, 0.2) is 5.11 Å². The first kappa shape index (κ1) is 24.6. The number of nitrogens with zero attached hydrogens (tertiary/aromatic N) is 2. The van der Waals surface area contributed by atoms with Gasteiger partial charge < -0.3 is 10.2 Å². The average molecular weight is 503 g/mol. The van der Waals surface area contributed by atoms with Crippen LogP contribution in [0.5, 0.6) is 0 Å². The zero-order valence-corrected chi connectivity index (χ0v) is 19.9. The fraction of sp³-hybridized carbons (Fsp3) is 0.364. The van der Waals surface area contributed by atoms with Crippen LogP contribution < -0.4 is 15.6 Å². The van der Waals surface area contributed by atoms with E-state index in [1.165, 1.54) is 18.2 Å². The number of halogens is 5. The third-order valence-electron chi connectivity index (χ3n) is 5.55. The van der Waals surface area contributed by atoms with Gasteiger partial charge in [0.25, 0.3) is 0 Å². The Hall–Kier alpha value is -2.03. The fourth-order valence-corrected chi connectivity index (χ4v) is 4.58. The number of rotatable bonds is 5. The van der Waals surface area contributed by atoms with Crippen molar-refractivity contribution in [2.24, 2.45) is 5.10 Å². The summed E-state index contributed by atoms with van der Waals surface area (Å²) >= 11 is 17.1. The lowest BCUT2D eigenvalue weighted by molar-refractivity contribution is -0.184. The third kappa shape index (κ3) is 5.30. The highest BCUT2D eigenvalue weighted by atomic mass is 35.5. The van der Waals surface area contributed by atoms with E-state index in [2.05, 4.69) is 15.8 Å². The Morgan fingerprint density at radius 3 is 2.50 bits per heavy atom. The van der Waals surface area contributed by atoms with Crippen LogP contribution in [0.1, 0.15) is 30.0 Å². The minimum atomic E-state index is -4.45. The molecule has 2 aromatic rings. The molecule has 0 radical (unpaired) electrons. The summed E-state index contributed by atoms with van der Waals surface area (Å²) in [4.78, 5) is 1.74. The smallest absolute Gasteiger partial charge is 0.370 e. The third-order valence-corrected chi connectivity index (χ3v) is 6.22. The number of anilines is 1. The summed E-state index contributed by atoms with van der Waals surface area (Å²) in [6.45, 7) is 4.55. The summed E-state index contributed by atoms with van der Waals surface area (Å²) in [5.41, 5.74) is 3.21. The first-order valence-corrected chi connectivity index (χ1v) is 11.2. The van der Waals surface area contributed by atoms with Crippen LogP contribution in [0.2, 0.25) is 10.0 Å². The fourth-order valence-electron chi connectivity index (χ4n) is 3.85. The highest BCUT2D eigenvalue weighted by Gasteiger charge is 2.59. The van der Waals surface area contributed by atoms with Gasteiger partial charge in [0.2, 0.25) is 0 Å². The lowest BCUT2D eigenvalue weighted by atomic mass is 9.79. The maximum absolute atomic E-state index is 14.3. The highest BCUT2D eigenvalue weighted by molar-refractivity contribution is 7.80. The lowest BCUT2D eigenvalue weighted by Gasteiger charge is -2.33. The Morgan fingerprint density at radius 2 is 1.91 bits per heavy atom. The average Bonchev–Trinajstić information content (AvgIpc) is 3.15. The van der Waals surface area contributed by atoms with E-state index in [9.17, 15) is 13.2 Å². The molecule has 1 saturated heterocycles. The molecule has 0 saturated carbocycles. The Balaban J connectivity index is 1.83. The number of nitrogens with one attached hydrogen (secondary N) is 2. The molecule has 1 fully saturated rings. The molecule has 1 unspecified atom stereocenters. The van der Waals surface area contributed by atoms with E-state index >= 15 is 0 Å². The number of hydrogen-bond donors (Lipinski definition) is 2. The van der Waals surface area contributed by atoms with E-state index in [-0.39, 0.29) is 35.1 Å². The van der Waals surface area contributed by atoms with Gasteiger partial charge in [-0.2, -0.15) is 18.3 Å². The van der Waals surface area contributed by atoms with Gasteiger partial charge in [-0.3, -0.25) is 5.43 Å². The monoisotopic (exact) mass is 502 g/mol. The van der Waals surface area contributed by atoms with Gasteiger partial charge in [-0.1, -0.05) is 29.3 Å². The molecule has 1 heterocycles. The van der Waals surface area contributed by atoms with Crippen molar-refractivity contribution in [1.29, 1.82) is 0 Å². The minimum absolute atomic E-state index is 0.0821. The molecule has 3 rings (SSSR count). The minimum Gasteiger partial charge on any atom is -0.370 e. The van der Waals surface area contributed by atoms with Crippen molar-refractivity contribution in [2.45, 2.75) is 31.9 Å². The molecule has 1 atom stereocenters. The van der Waals surface area contributed by atoms with Crippen molar-refractivity contribution in [2.75, 3.05) is 24.5 Å². The van der Waals surface area contributed by atoms with Gasteiger partial charge in [0.05, 0.1) is 6.21 Å². The first-order chi connectivity index (χ1) is 15.1. The van der Waals surface area contributed by atoms with Crippen LogP contribution >= 0.6 is 35.4 Å². The van der Waals surface area contributed by atoms with Crippen LogP contribution in [0.25, 0.3) is 0 Å². The molecule has 0 spiro atoms. The van der Waals surface area contributed by atoms with E-state index < -0.39 is 11.6 Å². The number of aryl methyl sites for hydroxylation is 1. The molecular formula is C22H23Cl2F3N4S. The van der Waals surface area contributed by atoms with Crippen molar-refractivity contribution in [3.63, 3.8) is 0 Å². The topological polar surface area (TPSA) is 39.7 Å². The summed E-state index contributed by atoms with van der Waals surface area (Å²) in [5, 5.41) is 7.82. The standard InChI is InChI=1S/C22H23Cl2F3N4S/c1-3-28-20(32)30-29-12-15-4-5-19(8-14(15)2)31-7-6-21(13-31,22(25,26)27)16-9-17(23)11-18(24)10-16/h4-5,8-12H,3,6-7,13H2,1-2H3,(H2,28,30,32)/b29-12+. The van der Waals surface area contributed by atoms with Crippen molar-refractivity contribution >= 4 is 52.4 Å². The Morgan fingerprint density at radius 1 is 1.22 bits per heavy atom. The van der Waals surface area contributed by atoms with Crippen molar-refractivity contribution < 1.29 is 13.2 Å². The van der Waals surface area contributed by atoms with E-state index in [0.29, 0.717) is 11.7 Å². The number of hydrazone groups is 1. The number of alkyl halides is 3. The summed E-state index contributed by atoms with van der Waals surface area (Å²) in [5.74, 6) is 0. The molecule has 0 amide bonds. The second-order valence-electron chi connectivity index (χ2n) is 7.68. The van der Waals surface area contributed by atoms with Crippen LogP contribution in [0, 0.1) is 6.92 Å². The van der Waals surface area contributed by atoms with Gasteiger partial charge in [0, 0.05) is 35.4 Å². The van der Waals surface area contributed by atoms with E-state index in [0.717, 1.165) is 16.8 Å². The molecule has 1 aliphatic heterocycles. The second-order valence-corrected chi connectivity index (χ2v) is 8.96. The van der Waals surface area contributed by atoms with Crippen LogP contribution in [0.3, 0.4) is 0 Å². The maximum atomic E-state index is 14.3. The van der Waals surface area contributed by atoms with Crippen LogP contribution in [0.4, 0.5) is 18.9 Å². The van der Waals surface area contributed by atoms with E-state index in [1.807, 2.05) is 26.0 Å². The Kier molecular flexibility index (Phi) is 7.57. The SMILES string of the molecule is CCNC(=S)N/N=C/c1ccc(N2CCC(c3cc(Cl)cc(Cl)c3)(C(F)(F)F)C2)cc1C. The van der Waals surface area contributed by atoms with E-state index in [4.69, 9.17) is 35.4 Å². The van der Waals surface area contributed by atoms with Gasteiger partial charge in [-0.05, 0) is 79.5 Å². The quantitative estimate of drug-likeness (QED) is 0.306. The van der Waals surface area contributed by atoms with Gasteiger partial charge in [0.1, 0.15) is 5.41 Å². The van der Waals surface area contributed by atoms with Gasteiger partial charge in [-0.15, -0.1) is 0 Å². The zero-order valence-electron chi connectivity index (χ0n) is 17.6. The molecule has 0 aromatic heterocycles. The molecular weight excluding hydrogens is 480 g/mol. The number of hydrogen-bond acceptors (Lipinski definition) is 3. The zero-order chi connectivity index (χ0) is 23.5. The predicted molar refractivity (Wildman–Crippen MR) is 129 cm³/mol. The molecule has 32 heavy (non-hydrogen) atoms. The molecule has 10 heteroatoms. The van der Waals surface area contributed by atoms with E-state index in [1.54, 1.807) is 17.2 Å². The summed E-state index contributed by atoms with van der Waals surface area (Å²) in [6.07, 6.45) is -2.91. The summed E-state index contributed by atoms with van der Waals surface area (Å²) in [6, 6.07) is 9.65. The molecule has 2 aromatic carbocycles. The Bertz CT molecular complexity index is 1010. The van der Waals surface area contributed by atoms with Crippen molar-refractivity contribution in [1.82, 2.24) is 10.7 Å². The Labute approximate surface area is 200 Å². The van der Waals surface area contributed by atoms with Crippen LogP contribution in [-0.2, 0) is 5.41 Å². The lowest BCUT2D eigenvalue weighted by Crippen LogP contribution is -2.44. The van der Waals surface area contributed by atoms with Gasteiger partial charge >= 0.3 is 6.18 Å². The number of benzene rings is 2. The molecule has 0 aliphatic carbocycles. The predicted octanol–water partition coefficient (Wildman–Crippen LogP) is 5.83. The second kappa shape index (κ2) is 9.85. The van der Waals surface area contributed by atoms with Crippen molar-refractivity contribution in [3.8, 4) is 0 Å². The first-order valence-electron chi connectivity index (χ1n) is 10.0. The normalized spacial score (nSPS) is 18.9. The van der Waals surface area contributed by atoms with Crippen LogP contribution in [-0.4, -0.2) is 37.1 Å². The summed E-state index contributed by atoms with van der Waals surface area (Å²) < 4.78 is 42.9. The molecule has 4 nitrogen and oxygen atoms in total. The van der Waals surface area contributed by atoms with Crippen LogP contribution in [0.15, 0.2) is 41.5 Å². The molecule has 172 valence electrons. The van der Waals surface area contributed by atoms with Gasteiger partial charge in [-0.25, -0.2) is 0 Å². The molecule has 2 N–H and O–H groups in total. The van der Waals surface area contributed by atoms with Crippen molar-refractivity contribution in [3.05, 3.63) is 63.1 Å². The highest BCUT2D eigenvalue weighted by Crippen LogP contribution is 2.49. The summed E-state index contributed by atoms with van der Waals surface area (Å²) in [7, 11) is 0.